The van der Waals surface area contributed by atoms with Crippen LogP contribution < -0.4 is 0 Å². The van der Waals surface area contributed by atoms with E-state index in [9.17, 15) is 0 Å². The van der Waals surface area contributed by atoms with Crippen LogP contribution in [0.4, 0.5) is 0 Å². The maximum Gasteiger partial charge on any atom is 0.0594 e. The van der Waals surface area contributed by atoms with Gasteiger partial charge in [0.15, 0.2) is 0 Å². The van der Waals surface area contributed by atoms with Gasteiger partial charge < -0.3 is 9.47 Å². The number of likely N-dealkylation sites (tertiary alicyclic amines) is 2. The Bertz CT molecular complexity index is 1290. The summed E-state index contributed by atoms with van der Waals surface area (Å²) in [6.07, 6.45) is 2.52. The molecule has 46 heavy (non-hydrogen) atoms. The van der Waals surface area contributed by atoms with Crippen LogP contribution in [0.1, 0.15) is 62.8 Å². The van der Waals surface area contributed by atoms with E-state index in [1.54, 1.807) is 0 Å². The van der Waals surface area contributed by atoms with Crippen molar-refractivity contribution in [2.45, 2.75) is 91.6 Å². The summed E-state index contributed by atoms with van der Waals surface area (Å²) in [6, 6.07) is 21.1. The highest BCUT2D eigenvalue weighted by Crippen LogP contribution is 2.80. The van der Waals surface area contributed by atoms with Crippen molar-refractivity contribution in [2.75, 3.05) is 65.7 Å². The Labute approximate surface area is 278 Å². The van der Waals surface area contributed by atoms with Crippen LogP contribution in [-0.4, -0.2) is 109 Å². The average molecular weight is 627 g/mol. The average Bonchev–Trinajstić information content (AvgIpc) is 3.23. The molecule has 4 aliphatic heterocycles. The van der Waals surface area contributed by atoms with Crippen LogP contribution in [0.3, 0.4) is 0 Å². The highest BCUT2D eigenvalue weighted by Gasteiger charge is 2.85. The summed E-state index contributed by atoms with van der Waals surface area (Å²) in [4.78, 5) is 11.8. The minimum atomic E-state index is 0.149. The number of fused-ring (bicyclic) bond motifs is 2. The Morgan fingerprint density at radius 3 is 1.24 bits per heavy atom. The van der Waals surface area contributed by atoms with Gasteiger partial charge in [0.25, 0.3) is 0 Å². The summed E-state index contributed by atoms with van der Waals surface area (Å²) >= 11 is 0. The lowest BCUT2D eigenvalue weighted by Gasteiger charge is -2.69. The van der Waals surface area contributed by atoms with Gasteiger partial charge in [-0.25, -0.2) is 0 Å². The van der Waals surface area contributed by atoms with Crippen molar-refractivity contribution in [2.24, 2.45) is 21.7 Å². The first-order chi connectivity index (χ1) is 22.1. The molecule has 0 radical (unpaired) electrons. The highest BCUT2D eigenvalue weighted by molar-refractivity contribution is 5.38. The number of benzene rings is 2. The molecule has 6 nitrogen and oxygen atoms in total. The normalized spacial score (nSPS) is 37.3. The maximum absolute atomic E-state index is 5.95. The number of ether oxygens (including phenoxy) is 2. The first-order valence-electron chi connectivity index (χ1n) is 18.3. The number of hydrogen-bond acceptors (Lipinski definition) is 6. The molecular weight excluding hydrogens is 568 g/mol. The first-order valence-corrected chi connectivity index (χ1v) is 18.3. The summed E-state index contributed by atoms with van der Waals surface area (Å²) < 4.78 is 11.9. The van der Waals surface area contributed by atoms with Crippen LogP contribution in [0, 0.1) is 35.5 Å². The first kappa shape index (κ1) is 31.5. The van der Waals surface area contributed by atoms with E-state index in [0.717, 1.165) is 65.7 Å². The molecule has 0 N–H and O–H groups in total. The van der Waals surface area contributed by atoms with E-state index in [0.29, 0.717) is 24.2 Å². The zero-order valence-electron chi connectivity index (χ0n) is 29.4. The largest absolute Gasteiger partial charge is 0.379 e. The highest BCUT2D eigenvalue weighted by atomic mass is 16.5. The van der Waals surface area contributed by atoms with E-state index < -0.39 is 0 Å². The van der Waals surface area contributed by atoms with E-state index in [4.69, 9.17) is 9.47 Å². The minimum absolute atomic E-state index is 0.149. The van der Waals surface area contributed by atoms with Crippen LogP contribution in [0.15, 0.2) is 48.5 Å². The molecule has 6 aliphatic rings. The van der Waals surface area contributed by atoms with Gasteiger partial charge in [-0.1, -0.05) is 87.4 Å². The minimum Gasteiger partial charge on any atom is -0.379 e. The van der Waals surface area contributed by atoms with Crippen LogP contribution >= 0.6 is 0 Å². The van der Waals surface area contributed by atoms with Crippen LogP contribution in [0.25, 0.3) is 0 Å². The van der Waals surface area contributed by atoms with Gasteiger partial charge in [-0.3, -0.25) is 19.6 Å². The lowest BCUT2D eigenvalue weighted by atomic mass is 9.35. The van der Waals surface area contributed by atoms with Crippen molar-refractivity contribution in [3.63, 3.8) is 0 Å². The molecule has 6 fully saturated rings. The van der Waals surface area contributed by atoms with Gasteiger partial charge in [0.05, 0.1) is 26.4 Å². The predicted octanol–water partition coefficient (Wildman–Crippen LogP) is 5.61. The molecule has 2 aromatic rings. The van der Waals surface area contributed by atoms with Crippen molar-refractivity contribution >= 4 is 0 Å². The van der Waals surface area contributed by atoms with E-state index in [2.05, 4.69) is 110 Å². The van der Waals surface area contributed by atoms with Gasteiger partial charge in [0, 0.05) is 87.4 Å². The summed E-state index contributed by atoms with van der Waals surface area (Å²) in [6.45, 7) is 27.4. The lowest BCUT2D eigenvalue weighted by molar-refractivity contribution is -0.201. The molecule has 0 aromatic heterocycles. The van der Waals surface area contributed by atoms with E-state index in [1.165, 1.54) is 48.2 Å². The molecule has 6 unspecified atom stereocenters. The molecule has 4 saturated heterocycles. The number of nitrogens with zero attached hydrogens (tertiary/aromatic N) is 4. The zero-order valence-corrected chi connectivity index (χ0v) is 29.4. The summed E-state index contributed by atoms with van der Waals surface area (Å²) in [7, 11) is 0. The Hall–Kier alpha value is -1.80. The van der Waals surface area contributed by atoms with Crippen LogP contribution in [-0.2, 0) is 22.6 Å². The molecule has 0 amide bonds. The van der Waals surface area contributed by atoms with Gasteiger partial charge >= 0.3 is 0 Å². The Morgan fingerprint density at radius 1 is 0.543 bits per heavy atom. The Kier molecular flexibility index (Phi) is 7.79. The van der Waals surface area contributed by atoms with Gasteiger partial charge in [-0.2, -0.15) is 0 Å². The second kappa shape index (κ2) is 11.4. The molecule has 6 atom stereocenters. The number of rotatable bonds is 8. The zero-order chi connectivity index (χ0) is 31.9. The maximum atomic E-state index is 5.95. The fourth-order valence-electron chi connectivity index (χ4n) is 12.4. The topological polar surface area (TPSA) is 31.4 Å². The molecule has 250 valence electrons. The quantitative estimate of drug-likeness (QED) is 0.379. The van der Waals surface area contributed by atoms with Crippen molar-refractivity contribution in [1.82, 2.24) is 19.6 Å². The standard InChI is InChI=1S/C40H58N4O2/c1-29-7-11-31(12-8-29)25-43-33-23-36-40(28-42-17-21-46-22-18-42)38(5,6)34(44(36)26-32-13-9-30(2)10-14-32)24-35(43)39(40,37(33,3)4)27-41-15-19-45-20-16-41/h7-14,33-36H,15-28H2,1-6H3. The molecule has 2 aliphatic carbocycles. The fourth-order valence-corrected chi connectivity index (χ4v) is 12.4. The summed E-state index contributed by atoms with van der Waals surface area (Å²) in [5, 5.41) is 0. The second-order valence-corrected chi connectivity index (χ2v) is 17.0. The van der Waals surface area contributed by atoms with Gasteiger partial charge in [0.2, 0.25) is 0 Å². The van der Waals surface area contributed by atoms with Crippen molar-refractivity contribution in [1.29, 1.82) is 0 Å². The van der Waals surface area contributed by atoms with Gasteiger partial charge in [0.1, 0.15) is 0 Å². The fraction of sp³-hybridized carbons (Fsp3) is 0.700. The molecule has 4 heterocycles. The van der Waals surface area contributed by atoms with E-state index >= 15 is 0 Å². The van der Waals surface area contributed by atoms with Gasteiger partial charge in [-0.05, 0) is 48.6 Å². The third kappa shape index (κ3) is 4.43. The molecular formula is C40H58N4O2. The molecule has 8 rings (SSSR count). The van der Waals surface area contributed by atoms with Crippen molar-refractivity contribution < 1.29 is 9.47 Å². The number of hydrogen-bond donors (Lipinski definition) is 0. The lowest BCUT2D eigenvalue weighted by Crippen LogP contribution is -2.75. The van der Waals surface area contributed by atoms with Crippen LogP contribution in [0.5, 0.6) is 0 Å². The van der Waals surface area contributed by atoms with E-state index in [1.807, 2.05) is 0 Å². The third-order valence-electron chi connectivity index (χ3n) is 14.5. The number of morpholine rings is 2. The number of aryl methyl sites for hydroxylation is 2. The Morgan fingerprint density at radius 2 is 0.891 bits per heavy atom. The summed E-state index contributed by atoms with van der Waals surface area (Å²) in [5.41, 5.74) is 6.30. The second-order valence-electron chi connectivity index (χ2n) is 17.0. The molecule has 4 bridgehead atoms. The molecule has 6 heteroatoms. The van der Waals surface area contributed by atoms with E-state index in [-0.39, 0.29) is 21.7 Å². The summed E-state index contributed by atoms with van der Waals surface area (Å²) in [5.74, 6) is 0. The Balaban J connectivity index is 1.30. The molecule has 2 saturated carbocycles. The third-order valence-corrected chi connectivity index (χ3v) is 14.5. The van der Waals surface area contributed by atoms with Crippen molar-refractivity contribution in [3.8, 4) is 0 Å². The van der Waals surface area contributed by atoms with Crippen LogP contribution in [0.2, 0.25) is 0 Å². The SMILES string of the molecule is Cc1ccc(CN2C3CC4N(Cc5ccc(C)cc5)C5CC2C(CN2CCOCC2)(C3(C)C)C4(CN2CCOCC2)C5(C)C)cc1. The molecule has 0 spiro atoms. The van der Waals surface area contributed by atoms with Crippen molar-refractivity contribution in [3.05, 3.63) is 70.8 Å². The smallest absolute Gasteiger partial charge is 0.0594 e. The van der Waals surface area contributed by atoms with Gasteiger partial charge in [-0.15, -0.1) is 0 Å². The monoisotopic (exact) mass is 626 g/mol. The predicted molar refractivity (Wildman–Crippen MR) is 185 cm³/mol. The molecule has 2 aromatic carbocycles.